The molecule has 0 spiro atoms. The Morgan fingerprint density at radius 3 is 1.28 bits per heavy atom. The van der Waals surface area contributed by atoms with E-state index >= 15 is 0 Å². The Morgan fingerprint density at radius 2 is 0.852 bits per heavy atom. The highest BCUT2D eigenvalue weighted by Crippen LogP contribution is 2.46. The Morgan fingerprint density at radius 1 is 0.444 bits per heavy atom. The zero-order valence-corrected chi connectivity index (χ0v) is 29.7. The van der Waals surface area contributed by atoms with Crippen LogP contribution < -0.4 is 0 Å². The summed E-state index contributed by atoms with van der Waals surface area (Å²) < 4.78 is 17.1. The molecule has 6 heteroatoms. The molecule has 0 atom stereocenters. The predicted molar refractivity (Wildman–Crippen MR) is 218 cm³/mol. The highest BCUT2D eigenvalue weighted by Gasteiger charge is 2.31. The molecule has 6 nitrogen and oxygen atoms in total. The molecule has 0 aliphatic carbocycles. The Hall–Kier alpha value is -7.28. The summed E-state index contributed by atoms with van der Waals surface area (Å²) in [5.74, 6) is 0. The van der Waals surface area contributed by atoms with Gasteiger partial charge in [0.15, 0.2) is 0 Å². The van der Waals surface area contributed by atoms with Crippen molar-refractivity contribution in [1.82, 2.24) is 9.13 Å². The maximum atomic E-state index is 11.2. The van der Waals surface area contributed by atoms with Crippen LogP contribution in [0.2, 0.25) is 0 Å². The summed E-state index contributed by atoms with van der Waals surface area (Å²) in [6, 6.07) is 48.5. The van der Waals surface area contributed by atoms with Gasteiger partial charge in [0.25, 0.3) is 0 Å². The summed E-state index contributed by atoms with van der Waals surface area (Å²) in [7, 11) is 0. The third kappa shape index (κ3) is 3.86. The van der Waals surface area contributed by atoms with Crippen molar-refractivity contribution in [3.8, 4) is 23.5 Å². The van der Waals surface area contributed by atoms with E-state index in [0.717, 1.165) is 98.9 Å². The molecule has 11 aromatic rings. The molecule has 0 bridgehead atoms. The van der Waals surface area contributed by atoms with E-state index in [1.807, 2.05) is 60.7 Å². The van der Waals surface area contributed by atoms with Crippen molar-refractivity contribution < 1.29 is 8.83 Å². The molecule has 4 heterocycles. The van der Waals surface area contributed by atoms with Gasteiger partial charge in [-0.25, -0.2) is 0 Å². The first-order valence-corrected chi connectivity index (χ1v) is 18.1. The van der Waals surface area contributed by atoms with Crippen LogP contribution in [0.25, 0.3) is 98.9 Å². The normalized spacial score (nSPS) is 12.3. The molecular weight excluding hydrogens is 665 g/mol. The second-order valence-corrected chi connectivity index (χ2v) is 15.1. The molecule has 0 unspecified atom stereocenters. The Balaban J connectivity index is 1.34. The molecule has 0 radical (unpaired) electrons. The molecule has 254 valence electrons. The summed E-state index contributed by atoms with van der Waals surface area (Å²) in [5, 5.41) is 30.7. The number of aromatic nitrogens is 2. The van der Waals surface area contributed by atoms with Crippen LogP contribution in [0.4, 0.5) is 0 Å². The van der Waals surface area contributed by atoms with E-state index in [0.29, 0.717) is 16.7 Å². The fourth-order valence-corrected chi connectivity index (χ4v) is 9.05. The second-order valence-electron chi connectivity index (χ2n) is 15.1. The molecule has 0 aliphatic heterocycles. The van der Waals surface area contributed by atoms with Crippen LogP contribution in [0.3, 0.4) is 0 Å². The zero-order chi connectivity index (χ0) is 36.5. The lowest BCUT2D eigenvalue weighted by Crippen LogP contribution is -2.19. The Kier molecular flexibility index (Phi) is 5.98. The number of hydrogen-bond donors (Lipinski definition) is 0. The monoisotopic (exact) mass is 694 g/mol. The summed E-state index contributed by atoms with van der Waals surface area (Å²) >= 11 is 0. The van der Waals surface area contributed by atoms with Crippen LogP contribution in [0.5, 0.6) is 0 Å². The molecule has 0 aliphatic rings. The summed E-state index contributed by atoms with van der Waals surface area (Å²) in [5.41, 5.74) is 9.67. The zero-order valence-electron chi connectivity index (χ0n) is 29.7. The average molecular weight is 695 g/mol. The van der Waals surface area contributed by atoms with Gasteiger partial charge in [-0.05, 0) is 65.6 Å². The van der Waals surface area contributed by atoms with E-state index in [1.54, 1.807) is 0 Å². The predicted octanol–water partition coefficient (Wildman–Crippen LogP) is 12.7. The maximum absolute atomic E-state index is 11.2. The standard InChI is InChI=1S/C48H30N4O2/c1-48(2,3)47-31(25-49)37(51-33-16-8-4-12-27(33)43-35(51)20-22-41-45(43)29-14-6-10-18-39(29)53-41)24-38(32(47)26-50)52-34-17-9-5-13-28(34)44-36(52)21-23-42-46(44)30-15-7-11-19-40(30)54-42/h4-24H,1-3H3. The van der Waals surface area contributed by atoms with Gasteiger partial charge in [0.1, 0.15) is 34.5 Å². The lowest BCUT2D eigenvalue weighted by Gasteiger charge is -2.27. The van der Waals surface area contributed by atoms with Crippen LogP contribution in [0.15, 0.2) is 136 Å². The quantitative estimate of drug-likeness (QED) is 0.180. The van der Waals surface area contributed by atoms with Crippen molar-refractivity contribution in [1.29, 1.82) is 10.5 Å². The molecule has 11 rings (SSSR count). The highest BCUT2D eigenvalue weighted by molar-refractivity contribution is 6.28. The number of fused-ring (bicyclic) bond motifs is 14. The molecule has 0 saturated carbocycles. The number of benzene rings is 7. The lowest BCUT2D eigenvalue weighted by molar-refractivity contribution is 0.586. The Bertz CT molecular complexity index is 3290. The minimum absolute atomic E-state index is 0.478. The summed E-state index contributed by atoms with van der Waals surface area (Å²) in [4.78, 5) is 0. The van der Waals surface area contributed by atoms with Crippen LogP contribution >= 0.6 is 0 Å². The molecule has 0 fully saturated rings. The van der Waals surface area contributed by atoms with Gasteiger partial charge in [0.2, 0.25) is 0 Å². The van der Waals surface area contributed by atoms with E-state index in [1.165, 1.54) is 0 Å². The molecule has 54 heavy (non-hydrogen) atoms. The largest absolute Gasteiger partial charge is 0.456 e. The van der Waals surface area contributed by atoms with Crippen molar-refractivity contribution in [2.24, 2.45) is 0 Å². The van der Waals surface area contributed by atoms with Crippen molar-refractivity contribution in [3.05, 3.63) is 144 Å². The number of para-hydroxylation sites is 4. The van der Waals surface area contributed by atoms with E-state index in [2.05, 4.69) is 109 Å². The van der Waals surface area contributed by atoms with Gasteiger partial charge in [-0.2, -0.15) is 10.5 Å². The topological polar surface area (TPSA) is 83.7 Å². The first-order chi connectivity index (χ1) is 26.4. The van der Waals surface area contributed by atoms with Crippen molar-refractivity contribution in [2.45, 2.75) is 26.2 Å². The first kappa shape index (κ1) is 30.4. The van der Waals surface area contributed by atoms with Gasteiger partial charge in [0, 0.05) is 43.1 Å². The minimum atomic E-state index is -0.555. The van der Waals surface area contributed by atoms with Gasteiger partial charge < -0.3 is 18.0 Å². The van der Waals surface area contributed by atoms with Crippen LogP contribution in [0, 0.1) is 22.7 Å². The van der Waals surface area contributed by atoms with E-state index < -0.39 is 5.41 Å². The molecule has 0 saturated heterocycles. The number of nitrogens with zero attached hydrogens (tertiary/aromatic N) is 4. The van der Waals surface area contributed by atoms with Gasteiger partial charge in [-0.1, -0.05) is 93.6 Å². The van der Waals surface area contributed by atoms with Gasteiger partial charge in [0.05, 0.1) is 44.6 Å². The fraction of sp³-hybridized carbons (Fsp3) is 0.0833. The molecule has 4 aromatic heterocycles. The number of nitriles is 2. The van der Waals surface area contributed by atoms with Crippen LogP contribution in [-0.2, 0) is 5.41 Å². The number of rotatable bonds is 2. The summed E-state index contributed by atoms with van der Waals surface area (Å²) in [6.45, 7) is 6.24. The number of furan rings is 2. The highest BCUT2D eigenvalue weighted by atomic mass is 16.3. The second kappa shape index (κ2) is 10.6. The van der Waals surface area contributed by atoms with Crippen LogP contribution in [-0.4, -0.2) is 9.13 Å². The average Bonchev–Trinajstić information content (AvgIpc) is 3.93. The third-order valence-electron chi connectivity index (χ3n) is 11.1. The fourth-order valence-electron chi connectivity index (χ4n) is 9.05. The smallest absolute Gasteiger partial charge is 0.136 e. The van der Waals surface area contributed by atoms with E-state index in [4.69, 9.17) is 8.83 Å². The lowest BCUT2D eigenvalue weighted by atomic mass is 9.79. The molecular formula is C48H30N4O2. The number of hydrogen-bond acceptors (Lipinski definition) is 4. The minimum Gasteiger partial charge on any atom is -0.456 e. The summed E-state index contributed by atoms with van der Waals surface area (Å²) in [6.07, 6.45) is 0. The van der Waals surface area contributed by atoms with Gasteiger partial charge in [-0.3, -0.25) is 0 Å². The van der Waals surface area contributed by atoms with Gasteiger partial charge >= 0.3 is 0 Å². The van der Waals surface area contributed by atoms with E-state index in [9.17, 15) is 10.5 Å². The van der Waals surface area contributed by atoms with Crippen molar-refractivity contribution >= 4 is 87.5 Å². The Labute approximate surface area is 308 Å². The molecule has 7 aromatic carbocycles. The van der Waals surface area contributed by atoms with Crippen molar-refractivity contribution in [2.75, 3.05) is 0 Å². The first-order valence-electron chi connectivity index (χ1n) is 18.1. The van der Waals surface area contributed by atoms with Crippen LogP contribution in [0.1, 0.15) is 37.5 Å². The SMILES string of the molecule is CC(C)(C)c1c(C#N)c(-n2c3ccccc3c3c4c(ccc32)oc2ccccc24)cc(-n2c3ccccc3c3c4c(ccc32)oc2ccccc24)c1C#N. The molecule has 0 amide bonds. The van der Waals surface area contributed by atoms with E-state index in [-0.39, 0.29) is 0 Å². The third-order valence-corrected chi connectivity index (χ3v) is 11.1. The van der Waals surface area contributed by atoms with Gasteiger partial charge in [-0.15, -0.1) is 0 Å². The van der Waals surface area contributed by atoms with Crippen molar-refractivity contribution in [3.63, 3.8) is 0 Å². The molecule has 0 N–H and O–H groups in total. The maximum Gasteiger partial charge on any atom is 0.136 e.